The van der Waals surface area contributed by atoms with Crippen LogP contribution in [0.25, 0.3) is 10.2 Å². The summed E-state index contributed by atoms with van der Waals surface area (Å²) in [5.41, 5.74) is 2.37. The van der Waals surface area contributed by atoms with E-state index in [2.05, 4.69) is 10.3 Å². The van der Waals surface area contributed by atoms with Crippen LogP contribution in [0, 0.1) is 6.92 Å². The van der Waals surface area contributed by atoms with E-state index in [9.17, 15) is 13.2 Å². The number of benzene rings is 2. The molecule has 31 heavy (non-hydrogen) atoms. The zero-order valence-corrected chi connectivity index (χ0v) is 19.9. The Kier molecular flexibility index (Phi) is 7.80. The van der Waals surface area contributed by atoms with Crippen LogP contribution in [0.15, 0.2) is 47.4 Å². The normalized spacial score (nSPS) is 11.9. The topological polar surface area (TPSA) is 79.4 Å². The average Bonchev–Trinajstić information content (AvgIpc) is 3.15. The highest BCUT2D eigenvalue weighted by Gasteiger charge is 2.23. The molecule has 1 aromatic heterocycles. The fourth-order valence-electron chi connectivity index (χ4n) is 3.20. The Hall–Kier alpha value is -2.29. The number of fused-ring (bicyclic) bond motifs is 1. The summed E-state index contributed by atoms with van der Waals surface area (Å²) >= 11 is 1.42. The number of carbonyl (C=O) groups excluding carboxylic acids is 1. The monoisotopic (exact) mass is 459 g/mol. The summed E-state index contributed by atoms with van der Waals surface area (Å²) in [6.07, 6.45) is 3.52. The van der Waals surface area contributed by atoms with Gasteiger partial charge in [-0.15, -0.1) is 0 Å². The third-order valence-corrected chi connectivity index (χ3v) is 7.89. The summed E-state index contributed by atoms with van der Waals surface area (Å²) < 4.78 is 28.7. The summed E-state index contributed by atoms with van der Waals surface area (Å²) in [5.74, 6) is -0.312. The largest absolute Gasteiger partial charge is 0.298 e. The van der Waals surface area contributed by atoms with E-state index in [0.29, 0.717) is 23.8 Å². The molecule has 6 nitrogen and oxygen atoms in total. The van der Waals surface area contributed by atoms with Gasteiger partial charge in [-0.25, -0.2) is 13.4 Å². The maximum atomic E-state index is 13.1. The standard InChI is InChI=1S/C23H29N3O3S2/c1-4-6-14-26(15-7-5-2)31(28,29)19-11-9-18(10-12-19)22(27)25-23-24-20-13-8-17(3)16-21(20)30-23/h8-13,16H,4-7,14-15H2,1-3H3,(H,24,25,27). The lowest BCUT2D eigenvalue weighted by molar-refractivity contribution is 0.102. The number of unbranched alkanes of at least 4 members (excludes halogenated alkanes) is 2. The number of aromatic nitrogens is 1. The molecular weight excluding hydrogens is 430 g/mol. The number of nitrogens with one attached hydrogen (secondary N) is 1. The Labute approximate surface area is 188 Å². The summed E-state index contributed by atoms with van der Waals surface area (Å²) in [7, 11) is -3.58. The zero-order chi connectivity index (χ0) is 22.4. The lowest BCUT2D eigenvalue weighted by atomic mass is 10.2. The van der Waals surface area contributed by atoms with Crippen molar-refractivity contribution in [2.75, 3.05) is 18.4 Å². The van der Waals surface area contributed by atoms with Gasteiger partial charge >= 0.3 is 0 Å². The van der Waals surface area contributed by atoms with E-state index in [1.54, 1.807) is 16.4 Å². The smallest absolute Gasteiger partial charge is 0.257 e. The summed E-state index contributed by atoms with van der Waals surface area (Å²) in [6, 6.07) is 12.1. The van der Waals surface area contributed by atoms with Crippen molar-refractivity contribution in [1.82, 2.24) is 9.29 Å². The van der Waals surface area contributed by atoms with Crippen LogP contribution in [0.5, 0.6) is 0 Å². The molecule has 2 aromatic carbocycles. The molecule has 8 heteroatoms. The highest BCUT2D eigenvalue weighted by molar-refractivity contribution is 7.89. The van der Waals surface area contributed by atoms with Crippen LogP contribution in [0.2, 0.25) is 0 Å². The summed E-state index contributed by atoms with van der Waals surface area (Å²) in [5, 5.41) is 3.33. The van der Waals surface area contributed by atoms with Crippen LogP contribution in [-0.2, 0) is 10.0 Å². The predicted molar refractivity (Wildman–Crippen MR) is 127 cm³/mol. The maximum absolute atomic E-state index is 13.1. The number of rotatable bonds is 10. The van der Waals surface area contributed by atoms with Gasteiger partial charge in [0.2, 0.25) is 10.0 Å². The molecule has 0 spiro atoms. The molecule has 1 heterocycles. The molecular formula is C23H29N3O3S2. The second kappa shape index (κ2) is 10.3. The SMILES string of the molecule is CCCCN(CCCC)S(=O)(=O)c1ccc(C(=O)Nc2nc3ccc(C)cc3s2)cc1. The van der Waals surface area contributed by atoms with E-state index in [1.165, 1.54) is 23.5 Å². The molecule has 166 valence electrons. The number of amides is 1. The minimum absolute atomic E-state index is 0.215. The van der Waals surface area contributed by atoms with Gasteiger partial charge in [0, 0.05) is 18.7 Å². The highest BCUT2D eigenvalue weighted by Crippen LogP contribution is 2.27. The summed E-state index contributed by atoms with van der Waals surface area (Å²) in [4.78, 5) is 17.3. The number of hydrogen-bond acceptors (Lipinski definition) is 5. The molecule has 0 atom stereocenters. The van der Waals surface area contributed by atoms with Crippen LogP contribution >= 0.6 is 11.3 Å². The van der Waals surface area contributed by atoms with Crippen LogP contribution in [-0.4, -0.2) is 36.7 Å². The third kappa shape index (κ3) is 5.70. The fraction of sp³-hybridized carbons (Fsp3) is 0.391. The molecule has 0 aliphatic rings. The molecule has 0 bridgehead atoms. The Morgan fingerprint density at radius 2 is 1.68 bits per heavy atom. The Morgan fingerprint density at radius 1 is 1.03 bits per heavy atom. The second-order valence-electron chi connectivity index (χ2n) is 7.58. The fourth-order valence-corrected chi connectivity index (χ4v) is 5.68. The van der Waals surface area contributed by atoms with Crippen LogP contribution in [0.1, 0.15) is 55.5 Å². The number of thiazole rings is 1. The first-order valence-corrected chi connectivity index (χ1v) is 12.9. The third-order valence-electron chi connectivity index (χ3n) is 5.04. The Bertz CT molecular complexity index is 1130. The first-order chi connectivity index (χ1) is 14.8. The average molecular weight is 460 g/mol. The van der Waals surface area contributed by atoms with Gasteiger partial charge in [0.15, 0.2) is 5.13 Å². The molecule has 0 fully saturated rings. The van der Waals surface area contributed by atoms with Crippen molar-refractivity contribution in [2.24, 2.45) is 0 Å². The molecule has 0 saturated heterocycles. The van der Waals surface area contributed by atoms with Crippen molar-refractivity contribution in [1.29, 1.82) is 0 Å². The van der Waals surface area contributed by atoms with Crippen molar-refractivity contribution >= 4 is 42.6 Å². The van der Waals surface area contributed by atoms with E-state index in [0.717, 1.165) is 41.5 Å². The van der Waals surface area contributed by atoms with Crippen molar-refractivity contribution in [2.45, 2.75) is 51.3 Å². The van der Waals surface area contributed by atoms with Crippen LogP contribution < -0.4 is 5.32 Å². The highest BCUT2D eigenvalue weighted by atomic mass is 32.2. The molecule has 0 radical (unpaired) electrons. The van der Waals surface area contributed by atoms with Crippen LogP contribution in [0.3, 0.4) is 0 Å². The Morgan fingerprint density at radius 3 is 2.29 bits per heavy atom. The number of nitrogens with zero attached hydrogens (tertiary/aromatic N) is 2. The van der Waals surface area contributed by atoms with E-state index < -0.39 is 10.0 Å². The quantitative estimate of drug-likeness (QED) is 0.437. The van der Waals surface area contributed by atoms with Gasteiger partial charge < -0.3 is 0 Å². The van der Waals surface area contributed by atoms with Gasteiger partial charge in [-0.1, -0.05) is 44.1 Å². The number of anilines is 1. The molecule has 0 aliphatic carbocycles. The molecule has 1 N–H and O–H groups in total. The number of hydrogen-bond donors (Lipinski definition) is 1. The predicted octanol–water partition coefficient (Wildman–Crippen LogP) is 5.45. The van der Waals surface area contributed by atoms with Crippen molar-refractivity contribution in [3.8, 4) is 0 Å². The minimum Gasteiger partial charge on any atom is -0.298 e. The van der Waals surface area contributed by atoms with Crippen molar-refractivity contribution in [3.63, 3.8) is 0 Å². The van der Waals surface area contributed by atoms with Crippen molar-refractivity contribution in [3.05, 3.63) is 53.6 Å². The molecule has 0 aliphatic heterocycles. The first kappa shape index (κ1) is 23.4. The van der Waals surface area contributed by atoms with Gasteiger partial charge in [-0.05, 0) is 61.7 Å². The van der Waals surface area contributed by atoms with Crippen LogP contribution in [0.4, 0.5) is 5.13 Å². The van der Waals surface area contributed by atoms with E-state index >= 15 is 0 Å². The second-order valence-corrected chi connectivity index (χ2v) is 10.5. The maximum Gasteiger partial charge on any atom is 0.257 e. The lowest BCUT2D eigenvalue weighted by Gasteiger charge is -2.22. The van der Waals surface area contributed by atoms with Crippen molar-refractivity contribution < 1.29 is 13.2 Å². The Balaban J connectivity index is 1.74. The lowest BCUT2D eigenvalue weighted by Crippen LogP contribution is -2.33. The zero-order valence-electron chi connectivity index (χ0n) is 18.2. The van der Waals surface area contributed by atoms with E-state index in [4.69, 9.17) is 0 Å². The number of sulfonamides is 1. The molecule has 3 aromatic rings. The van der Waals surface area contributed by atoms with Gasteiger partial charge in [0.25, 0.3) is 5.91 Å². The van der Waals surface area contributed by atoms with Gasteiger partial charge in [-0.2, -0.15) is 4.31 Å². The molecule has 3 rings (SSSR count). The molecule has 0 unspecified atom stereocenters. The van der Waals surface area contributed by atoms with E-state index in [1.807, 2.05) is 39.0 Å². The van der Waals surface area contributed by atoms with Gasteiger partial charge in [-0.3, -0.25) is 10.1 Å². The minimum atomic E-state index is -3.58. The van der Waals surface area contributed by atoms with Gasteiger partial charge in [0.1, 0.15) is 0 Å². The summed E-state index contributed by atoms with van der Waals surface area (Å²) in [6.45, 7) is 7.13. The number of aryl methyl sites for hydroxylation is 1. The number of carbonyl (C=O) groups is 1. The van der Waals surface area contributed by atoms with Gasteiger partial charge in [0.05, 0.1) is 15.1 Å². The van der Waals surface area contributed by atoms with E-state index in [-0.39, 0.29) is 10.8 Å². The molecule has 0 saturated carbocycles. The molecule has 1 amide bonds. The first-order valence-electron chi connectivity index (χ1n) is 10.6.